The molecule has 26 heavy (non-hydrogen) atoms. The van der Waals surface area contributed by atoms with Crippen molar-refractivity contribution in [3.63, 3.8) is 0 Å². The fourth-order valence-corrected chi connectivity index (χ4v) is 5.43. The van der Waals surface area contributed by atoms with Crippen molar-refractivity contribution in [1.29, 1.82) is 0 Å². The third kappa shape index (κ3) is 3.94. The topological polar surface area (TPSA) is 54.5 Å². The number of rotatable bonds is 3. The Labute approximate surface area is 157 Å². The number of thioether (sulfide) groups is 1. The molecule has 1 aliphatic heterocycles. The van der Waals surface area contributed by atoms with Crippen LogP contribution < -0.4 is 0 Å². The summed E-state index contributed by atoms with van der Waals surface area (Å²) >= 11 is 1.54. The van der Waals surface area contributed by atoms with Crippen molar-refractivity contribution in [2.75, 3.05) is 25.1 Å². The van der Waals surface area contributed by atoms with Crippen molar-refractivity contribution in [3.05, 3.63) is 65.5 Å². The van der Waals surface area contributed by atoms with E-state index in [4.69, 9.17) is 0 Å². The van der Waals surface area contributed by atoms with Crippen LogP contribution in [-0.4, -0.2) is 44.3 Å². The van der Waals surface area contributed by atoms with Crippen molar-refractivity contribution < 1.29 is 17.6 Å². The summed E-state index contributed by atoms with van der Waals surface area (Å²) in [6.45, 7) is 0.399. The van der Waals surface area contributed by atoms with Crippen LogP contribution in [0, 0.1) is 5.82 Å². The molecule has 0 saturated carbocycles. The van der Waals surface area contributed by atoms with Gasteiger partial charge in [-0.25, -0.2) is 12.8 Å². The molecule has 1 atom stereocenters. The number of halogens is 1. The van der Waals surface area contributed by atoms with Crippen LogP contribution in [0.15, 0.2) is 53.4 Å². The molecule has 0 aliphatic carbocycles. The van der Waals surface area contributed by atoms with Gasteiger partial charge in [-0.1, -0.05) is 24.3 Å². The highest BCUT2D eigenvalue weighted by atomic mass is 32.2. The lowest BCUT2D eigenvalue weighted by Gasteiger charge is -2.20. The second-order valence-electron chi connectivity index (χ2n) is 6.19. The molecule has 1 saturated heterocycles. The lowest BCUT2D eigenvalue weighted by atomic mass is 10.1. The molecule has 138 valence electrons. The highest BCUT2D eigenvalue weighted by Crippen LogP contribution is 2.31. The first-order chi connectivity index (χ1) is 12.4. The van der Waals surface area contributed by atoms with Crippen LogP contribution in [0.5, 0.6) is 0 Å². The first-order valence-corrected chi connectivity index (χ1v) is 11.3. The second kappa shape index (κ2) is 7.80. The molecule has 1 aliphatic rings. The molecule has 3 rings (SSSR count). The molecule has 2 aromatic rings. The number of hydrogen-bond donors (Lipinski definition) is 0. The van der Waals surface area contributed by atoms with Crippen molar-refractivity contribution in [2.24, 2.45) is 0 Å². The fraction of sp³-hybridized carbons (Fsp3) is 0.316. The largest absolute Gasteiger partial charge is 0.338 e. The predicted molar refractivity (Wildman–Crippen MR) is 102 cm³/mol. The van der Waals surface area contributed by atoms with Gasteiger partial charge >= 0.3 is 0 Å². The Morgan fingerprint density at radius 1 is 1.15 bits per heavy atom. The molecule has 1 heterocycles. The lowest BCUT2D eigenvalue weighted by molar-refractivity contribution is 0.0766. The highest BCUT2D eigenvalue weighted by Gasteiger charge is 2.34. The van der Waals surface area contributed by atoms with Crippen molar-refractivity contribution in [1.82, 2.24) is 4.90 Å². The normalized spacial score (nSPS) is 19.8. The zero-order valence-corrected chi connectivity index (χ0v) is 16.0. The van der Waals surface area contributed by atoms with E-state index < -0.39 is 20.9 Å². The molecule has 0 bridgehead atoms. The van der Waals surface area contributed by atoms with Crippen LogP contribution in [0.1, 0.15) is 27.6 Å². The maximum Gasteiger partial charge on any atom is 0.253 e. The Morgan fingerprint density at radius 2 is 1.92 bits per heavy atom. The molecule has 1 fully saturated rings. The summed E-state index contributed by atoms with van der Waals surface area (Å²) in [6, 6.07) is 13.2. The Balaban J connectivity index is 1.84. The third-order valence-electron chi connectivity index (χ3n) is 4.60. The van der Waals surface area contributed by atoms with E-state index in [2.05, 4.69) is 0 Å². The van der Waals surface area contributed by atoms with E-state index in [1.807, 2.05) is 18.4 Å². The van der Waals surface area contributed by atoms with Gasteiger partial charge in [0.05, 0.1) is 11.0 Å². The van der Waals surface area contributed by atoms with Crippen LogP contribution in [0.3, 0.4) is 0 Å². The molecule has 1 unspecified atom stereocenters. The van der Waals surface area contributed by atoms with Gasteiger partial charge in [-0.05, 0) is 36.9 Å². The van der Waals surface area contributed by atoms with Gasteiger partial charge in [0.15, 0.2) is 9.84 Å². The number of amides is 1. The summed E-state index contributed by atoms with van der Waals surface area (Å²) in [7, 11) is -3.54. The van der Waals surface area contributed by atoms with E-state index in [1.165, 1.54) is 18.2 Å². The molecule has 0 radical (unpaired) electrons. The Morgan fingerprint density at radius 3 is 2.65 bits per heavy atom. The Kier molecular flexibility index (Phi) is 5.67. The van der Waals surface area contributed by atoms with Gasteiger partial charge in [-0.15, -0.1) is 11.8 Å². The maximum absolute atomic E-state index is 14.1. The van der Waals surface area contributed by atoms with Gasteiger partial charge in [0.2, 0.25) is 0 Å². The van der Waals surface area contributed by atoms with Crippen molar-refractivity contribution >= 4 is 27.5 Å². The molecule has 4 nitrogen and oxygen atoms in total. The SMILES string of the molecule is CSc1cccc(C(=O)N2CCC(c3ccccc3F)S(=O)(=O)CC2)c1. The molecule has 7 heteroatoms. The lowest BCUT2D eigenvalue weighted by Crippen LogP contribution is -2.33. The molecular formula is C19H20FNO3S2. The Hall–Kier alpha value is -1.86. The van der Waals surface area contributed by atoms with Crippen LogP contribution in [0.2, 0.25) is 0 Å². The molecule has 0 N–H and O–H groups in total. The summed E-state index contributed by atoms with van der Waals surface area (Å²) in [5, 5.41) is -0.918. The highest BCUT2D eigenvalue weighted by molar-refractivity contribution is 7.98. The minimum Gasteiger partial charge on any atom is -0.338 e. The summed E-state index contributed by atoms with van der Waals surface area (Å²) in [5.41, 5.74) is 0.727. The van der Waals surface area contributed by atoms with E-state index in [-0.39, 0.29) is 36.7 Å². The number of hydrogen-bond acceptors (Lipinski definition) is 4. The maximum atomic E-state index is 14.1. The molecule has 0 aromatic heterocycles. The van der Waals surface area contributed by atoms with Gasteiger partial charge in [0.25, 0.3) is 5.91 Å². The average molecular weight is 394 g/mol. The van der Waals surface area contributed by atoms with Crippen LogP contribution in [-0.2, 0) is 9.84 Å². The number of sulfone groups is 1. The number of benzene rings is 2. The smallest absolute Gasteiger partial charge is 0.253 e. The van der Waals surface area contributed by atoms with Crippen LogP contribution in [0.25, 0.3) is 0 Å². The number of nitrogens with zero attached hydrogens (tertiary/aromatic N) is 1. The monoisotopic (exact) mass is 393 g/mol. The standard InChI is InChI=1S/C19H20FNO3S2/c1-25-15-6-4-5-14(13-15)19(22)21-10-9-18(26(23,24)12-11-21)16-7-2-3-8-17(16)20/h2-8,13,18H,9-12H2,1H3. The molecule has 0 spiro atoms. The number of carbonyl (C=O) groups excluding carboxylic acids is 1. The zero-order valence-electron chi connectivity index (χ0n) is 14.4. The van der Waals surface area contributed by atoms with E-state index in [9.17, 15) is 17.6 Å². The van der Waals surface area contributed by atoms with Gasteiger partial charge in [0.1, 0.15) is 5.82 Å². The van der Waals surface area contributed by atoms with Crippen LogP contribution in [0.4, 0.5) is 4.39 Å². The molecular weight excluding hydrogens is 373 g/mol. The van der Waals surface area contributed by atoms with Gasteiger partial charge < -0.3 is 4.90 Å². The first-order valence-electron chi connectivity index (χ1n) is 8.31. The third-order valence-corrected chi connectivity index (χ3v) is 7.43. The summed E-state index contributed by atoms with van der Waals surface area (Å²) < 4.78 is 39.4. The quantitative estimate of drug-likeness (QED) is 0.749. The Bertz CT molecular complexity index is 915. The zero-order chi connectivity index (χ0) is 18.7. The fourth-order valence-electron chi connectivity index (χ4n) is 3.17. The van der Waals surface area contributed by atoms with Crippen LogP contribution >= 0.6 is 11.8 Å². The average Bonchev–Trinajstić information content (AvgIpc) is 2.80. The molecule has 1 amide bonds. The first kappa shape index (κ1) is 18.9. The summed E-state index contributed by atoms with van der Waals surface area (Å²) in [5.74, 6) is -0.876. The van der Waals surface area contributed by atoms with Crippen molar-refractivity contribution in [3.8, 4) is 0 Å². The van der Waals surface area contributed by atoms with E-state index in [0.717, 1.165) is 4.90 Å². The number of carbonyl (C=O) groups is 1. The van der Waals surface area contributed by atoms with Gasteiger partial charge in [-0.2, -0.15) is 0 Å². The summed E-state index contributed by atoms with van der Waals surface area (Å²) in [4.78, 5) is 15.3. The summed E-state index contributed by atoms with van der Waals surface area (Å²) in [6.07, 6.45) is 2.12. The second-order valence-corrected chi connectivity index (χ2v) is 9.37. The van der Waals surface area contributed by atoms with Gasteiger partial charge in [-0.3, -0.25) is 4.79 Å². The minimum atomic E-state index is -3.54. The van der Waals surface area contributed by atoms with Gasteiger partial charge in [0, 0.05) is 29.1 Å². The van der Waals surface area contributed by atoms with E-state index in [0.29, 0.717) is 5.56 Å². The molecule has 2 aromatic carbocycles. The van der Waals surface area contributed by atoms with Crippen molar-refractivity contribution in [2.45, 2.75) is 16.6 Å². The van der Waals surface area contributed by atoms with E-state index in [1.54, 1.807) is 34.9 Å². The van der Waals surface area contributed by atoms with E-state index >= 15 is 0 Å². The predicted octanol–water partition coefficient (Wildman–Crippen LogP) is 3.55. The minimum absolute atomic E-state index is 0.121.